The molecule has 0 atom stereocenters. The third-order valence-electron chi connectivity index (χ3n) is 5.73. The van der Waals surface area contributed by atoms with E-state index >= 15 is 0 Å². The number of nitrogens with zero attached hydrogens (tertiary/aromatic N) is 6. The summed E-state index contributed by atoms with van der Waals surface area (Å²) in [5.41, 5.74) is 4.00. The van der Waals surface area contributed by atoms with E-state index in [0.29, 0.717) is 18.4 Å². The van der Waals surface area contributed by atoms with Gasteiger partial charge in [-0.2, -0.15) is 0 Å². The monoisotopic (exact) mass is 392 g/mol. The first-order chi connectivity index (χ1) is 14.0. The van der Waals surface area contributed by atoms with E-state index in [9.17, 15) is 4.79 Å². The highest BCUT2D eigenvalue weighted by Crippen LogP contribution is 2.21. The van der Waals surface area contributed by atoms with Gasteiger partial charge in [0.05, 0.1) is 23.7 Å². The number of piperidine rings is 1. The minimum atomic E-state index is 0.171. The van der Waals surface area contributed by atoms with Crippen LogP contribution in [0.3, 0.4) is 0 Å². The van der Waals surface area contributed by atoms with Crippen LogP contribution in [0.2, 0.25) is 0 Å². The molecule has 1 saturated heterocycles. The average Bonchev–Trinajstić information content (AvgIpc) is 3.12. The van der Waals surface area contributed by atoms with Crippen LogP contribution in [-0.2, 0) is 17.6 Å². The third kappa shape index (κ3) is 4.44. The van der Waals surface area contributed by atoms with Gasteiger partial charge in [-0.05, 0) is 44.7 Å². The van der Waals surface area contributed by atoms with E-state index in [0.717, 1.165) is 60.6 Å². The molecule has 29 heavy (non-hydrogen) atoms. The maximum Gasteiger partial charge on any atom is 0.219 e. The number of rotatable bonds is 5. The summed E-state index contributed by atoms with van der Waals surface area (Å²) in [6, 6.07) is 4.44. The van der Waals surface area contributed by atoms with Crippen LogP contribution in [0.15, 0.2) is 30.9 Å². The normalized spacial score (nSPS) is 15.4. The molecule has 0 aliphatic carbocycles. The van der Waals surface area contributed by atoms with Crippen LogP contribution in [0, 0.1) is 5.92 Å². The number of likely N-dealkylation sites (tertiary alicyclic amines) is 1. The van der Waals surface area contributed by atoms with Crippen LogP contribution in [0.4, 0.5) is 0 Å². The predicted octanol–water partition coefficient (Wildman–Crippen LogP) is 3.19. The highest BCUT2D eigenvalue weighted by molar-refractivity contribution is 5.75. The van der Waals surface area contributed by atoms with Crippen molar-refractivity contribution in [3.05, 3.63) is 48.1 Å². The zero-order valence-electron chi connectivity index (χ0n) is 17.4. The van der Waals surface area contributed by atoms with Gasteiger partial charge < -0.3 is 9.47 Å². The molecule has 0 spiro atoms. The molecule has 0 radical (unpaired) electrons. The Bertz CT molecular complexity index is 1000. The van der Waals surface area contributed by atoms with E-state index in [4.69, 9.17) is 4.98 Å². The smallest absolute Gasteiger partial charge is 0.219 e. The maximum atomic E-state index is 11.5. The molecule has 7 heteroatoms. The molecular weight excluding hydrogens is 364 g/mol. The number of pyridine rings is 1. The Kier molecular flexibility index (Phi) is 5.56. The summed E-state index contributed by atoms with van der Waals surface area (Å²) in [6.07, 6.45) is 9.15. The Morgan fingerprint density at radius 2 is 1.97 bits per heavy atom. The quantitative estimate of drug-likeness (QED) is 0.666. The minimum absolute atomic E-state index is 0.171. The van der Waals surface area contributed by atoms with Gasteiger partial charge in [-0.15, -0.1) is 0 Å². The van der Waals surface area contributed by atoms with Crippen molar-refractivity contribution in [2.45, 2.75) is 52.5 Å². The van der Waals surface area contributed by atoms with Crippen molar-refractivity contribution in [3.8, 4) is 0 Å². The molecule has 0 N–H and O–H groups in total. The lowest BCUT2D eigenvalue weighted by Gasteiger charge is -2.30. The summed E-state index contributed by atoms with van der Waals surface area (Å²) >= 11 is 0. The summed E-state index contributed by atoms with van der Waals surface area (Å²) in [4.78, 5) is 31.7. The van der Waals surface area contributed by atoms with E-state index in [-0.39, 0.29) is 5.91 Å². The number of hydrogen-bond donors (Lipinski definition) is 0. The Morgan fingerprint density at radius 3 is 2.69 bits per heavy atom. The first kappa shape index (κ1) is 19.5. The second-order valence-corrected chi connectivity index (χ2v) is 8.20. The first-order valence-electron chi connectivity index (χ1n) is 10.4. The van der Waals surface area contributed by atoms with Crippen LogP contribution in [-0.4, -0.2) is 48.4 Å². The summed E-state index contributed by atoms with van der Waals surface area (Å²) in [7, 11) is 0. The second kappa shape index (κ2) is 8.27. The molecule has 0 unspecified atom stereocenters. The molecule has 0 aromatic carbocycles. The molecule has 1 aliphatic rings. The van der Waals surface area contributed by atoms with Gasteiger partial charge in [-0.25, -0.2) is 15.0 Å². The molecule has 7 nitrogen and oxygen atoms in total. The number of carbonyl (C=O) groups excluding carboxylic acids is 1. The van der Waals surface area contributed by atoms with Crippen molar-refractivity contribution in [2.75, 3.05) is 13.1 Å². The molecule has 4 rings (SSSR count). The largest absolute Gasteiger partial charge is 0.343 e. The molecule has 4 heterocycles. The number of amides is 1. The highest BCUT2D eigenvalue weighted by Gasteiger charge is 2.21. The van der Waals surface area contributed by atoms with Crippen LogP contribution in [0.1, 0.15) is 56.9 Å². The van der Waals surface area contributed by atoms with Gasteiger partial charge in [0, 0.05) is 50.8 Å². The van der Waals surface area contributed by atoms with Crippen molar-refractivity contribution in [3.63, 3.8) is 0 Å². The highest BCUT2D eigenvalue weighted by atomic mass is 16.2. The van der Waals surface area contributed by atoms with Gasteiger partial charge in [-0.3, -0.25) is 9.78 Å². The van der Waals surface area contributed by atoms with Gasteiger partial charge >= 0.3 is 0 Å². The van der Waals surface area contributed by atoms with Gasteiger partial charge in [0.25, 0.3) is 0 Å². The third-order valence-corrected chi connectivity index (χ3v) is 5.73. The number of imidazole rings is 1. The molecule has 3 aromatic rings. The fraction of sp³-hybridized carbons (Fsp3) is 0.500. The average molecular weight is 393 g/mol. The van der Waals surface area contributed by atoms with Crippen molar-refractivity contribution in [1.29, 1.82) is 0 Å². The molecule has 1 fully saturated rings. The molecule has 1 amide bonds. The molecule has 0 bridgehead atoms. The lowest BCUT2D eigenvalue weighted by atomic mass is 9.93. The Hall–Kier alpha value is -2.83. The van der Waals surface area contributed by atoms with Gasteiger partial charge in [0.15, 0.2) is 0 Å². The number of fused-ring (bicyclic) bond motifs is 1. The van der Waals surface area contributed by atoms with Crippen molar-refractivity contribution in [2.24, 2.45) is 5.92 Å². The van der Waals surface area contributed by atoms with Crippen LogP contribution in [0.25, 0.3) is 11.0 Å². The number of hydrogen-bond acceptors (Lipinski definition) is 5. The number of aromatic nitrogens is 5. The lowest BCUT2D eigenvalue weighted by molar-refractivity contribution is -0.130. The van der Waals surface area contributed by atoms with Gasteiger partial charge in [0.1, 0.15) is 11.3 Å². The van der Waals surface area contributed by atoms with Crippen molar-refractivity contribution >= 4 is 16.9 Å². The summed E-state index contributed by atoms with van der Waals surface area (Å²) < 4.78 is 2.17. The zero-order valence-corrected chi connectivity index (χ0v) is 17.4. The Labute approximate surface area is 171 Å². The zero-order chi connectivity index (χ0) is 20.4. The van der Waals surface area contributed by atoms with E-state index in [1.165, 1.54) is 0 Å². The van der Waals surface area contributed by atoms with Crippen molar-refractivity contribution < 1.29 is 4.79 Å². The summed E-state index contributed by atoms with van der Waals surface area (Å²) in [5.74, 6) is 1.60. The predicted molar refractivity (Wildman–Crippen MR) is 111 cm³/mol. The van der Waals surface area contributed by atoms with E-state index in [1.54, 1.807) is 6.92 Å². The standard InChI is InChI=1S/C22H28N6O/c1-15(2)28-14-25-20-13-24-19(12-21(20)28)11-18-4-7-23-22(26-18)10-17-5-8-27(9-6-17)16(3)29/h4,7,12-15,17H,5-6,8-11H2,1-3H3. The summed E-state index contributed by atoms with van der Waals surface area (Å²) in [5, 5.41) is 0. The SMILES string of the molecule is CC(=O)N1CCC(Cc2nccc(Cc3cc4c(cn3)ncn4C(C)C)n2)CC1. The fourth-order valence-corrected chi connectivity index (χ4v) is 4.01. The van der Waals surface area contributed by atoms with E-state index in [1.807, 2.05) is 29.7 Å². The van der Waals surface area contributed by atoms with E-state index in [2.05, 4.69) is 39.4 Å². The molecular formula is C22H28N6O. The van der Waals surface area contributed by atoms with Crippen LogP contribution >= 0.6 is 0 Å². The molecule has 3 aromatic heterocycles. The maximum absolute atomic E-state index is 11.5. The first-order valence-corrected chi connectivity index (χ1v) is 10.4. The van der Waals surface area contributed by atoms with Crippen LogP contribution in [0.5, 0.6) is 0 Å². The Balaban J connectivity index is 1.45. The summed E-state index contributed by atoms with van der Waals surface area (Å²) in [6.45, 7) is 7.63. The lowest BCUT2D eigenvalue weighted by Crippen LogP contribution is -2.37. The fourth-order valence-electron chi connectivity index (χ4n) is 4.01. The van der Waals surface area contributed by atoms with Gasteiger partial charge in [-0.1, -0.05) is 0 Å². The number of carbonyl (C=O) groups is 1. The second-order valence-electron chi connectivity index (χ2n) is 8.20. The van der Waals surface area contributed by atoms with Gasteiger partial charge in [0.2, 0.25) is 5.91 Å². The van der Waals surface area contributed by atoms with E-state index < -0.39 is 0 Å². The molecule has 152 valence electrons. The van der Waals surface area contributed by atoms with Crippen LogP contribution < -0.4 is 0 Å². The Morgan fingerprint density at radius 1 is 1.17 bits per heavy atom. The van der Waals surface area contributed by atoms with Crippen molar-refractivity contribution in [1.82, 2.24) is 29.4 Å². The minimum Gasteiger partial charge on any atom is -0.343 e. The molecule has 1 aliphatic heterocycles. The molecule has 0 saturated carbocycles. The topological polar surface area (TPSA) is 76.8 Å².